The first-order chi connectivity index (χ1) is 8.21. The van der Waals surface area contributed by atoms with E-state index in [1.807, 2.05) is 0 Å². The van der Waals surface area contributed by atoms with Crippen LogP contribution in [-0.2, 0) is 4.79 Å². The minimum absolute atomic E-state index is 0.0354. The van der Waals surface area contributed by atoms with Crippen molar-refractivity contribution in [3.05, 3.63) is 30.9 Å². The minimum Gasteiger partial charge on any atom is -0.493 e. The van der Waals surface area contributed by atoms with E-state index in [1.165, 1.54) is 0 Å². The van der Waals surface area contributed by atoms with Crippen LogP contribution >= 0.6 is 0 Å². The number of carbonyl (C=O) groups is 1. The number of amides is 1. The summed E-state index contributed by atoms with van der Waals surface area (Å²) in [5.74, 6) is 1.18. The summed E-state index contributed by atoms with van der Waals surface area (Å²) in [5.41, 5.74) is 0.694. The molecule has 1 N–H and O–H groups in total. The maximum absolute atomic E-state index is 11.2. The summed E-state index contributed by atoms with van der Waals surface area (Å²) in [6.45, 7) is 5.79. The molecule has 92 valence electrons. The Labute approximate surface area is 101 Å². The molecule has 0 aliphatic rings. The Kier molecular flexibility index (Phi) is 5.07. The molecule has 0 aromatic heterocycles. The lowest BCUT2D eigenvalue weighted by atomic mass is 10.2. The molecule has 4 heteroatoms. The average Bonchev–Trinajstić information content (AvgIpc) is 2.36. The zero-order chi connectivity index (χ0) is 12.7. The second-order valence-electron chi connectivity index (χ2n) is 3.37. The molecular formula is C13H17NO3. The highest BCUT2D eigenvalue weighted by atomic mass is 16.5. The number of rotatable bonds is 6. The summed E-state index contributed by atoms with van der Waals surface area (Å²) >= 11 is 0. The van der Waals surface area contributed by atoms with Gasteiger partial charge in [0, 0.05) is 18.2 Å². The summed E-state index contributed by atoms with van der Waals surface area (Å²) in [5, 5.41) is 2.75. The van der Waals surface area contributed by atoms with Crippen LogP contribution in [0.2, 0.25) is 0 Å². The van der Waals surface area contributed by atoms with Crippen molar-refractivity contribution in [3.63, 3.8) is 0 Å². The Morgan fingerprint density at radius 2 is 2.24 bits per heavy atom. The van der Waals surface area contributed by atoms with Crippen LogP contribution in [0.4, 0.5) is 5.69 Å². The standard InChI is InChI=1S/C13H17NO3/c1-4-8-17-11-7-6-10(9-12(11)16-3)14-13(15)5-2/h4,6-7,9H,1,5,8H2,2-3H3,(H,14,15). The Morgan fingerprint density at radius 1 is 1.47 bits per heavy atom. The summed E-state index contributed by atoms with van der Waals surface area (Å²) in [7, 11) is 1.56. The lowest BCUT2D eigenvalue weighted by Crippen LogP contribution is -2.09. The summed E-state index contributed by atoms with van der Waals surface area (Å²) in [6, 6.07) is 5.26. The van der Waals surface area contributed by atoms with Gasteiger partial charge in [-0.3, -0.25) is 4.79 Å². The maximum Gasteiger partial charge on any atom is 0.224 e. The fraction of sp³-hybridized carbons (Fsp3) is 0.308. The van der Waals surface area contributed by atoms with E-state index in [1.54, 1.807) is 38.3 Å². The molecule has 0 bridgehead atoms. The number of hydrogen-bond acceptors (Lipinski definition) is 3. The van der Waals surface area contributed by atoms with Crippen molar-refractivity contribution >= 4 is 11.6 Å². The van der Waals surface area contributed by atoms with E-state index in [2.05, 4.69) is 11.9 Å². The van der Waals surface area contributed by atoms with Gasteiger partial charge in [-0.25, -0.2) is 0 Å². The molecule has 0 saturated carbocycles. The van der Waals surface area contributed by atoms with Crippen LogP contribution in [-0.4, -0.2) is 19.6 Å². The molecule has 0 aliphatic carbocycles. The van der Waals surface area contributed by atoms with Crippen molar-refractivity contribution < 1.29 is 14.3 Å². The number of benzene rings is 1. The van der Waals surface area contributed by atoms with Crippen LogP contribution in [0.3, 0.4) is 0 Å². The molecule has 1 rings (SSSR count). The normalized spacial score (nSPS) is 9.53. The third-order valence-corrected chi connectivity index (χ3v) is 2.13. The van der Waals surface area contributed by atoms with E-state index in [0.29, 0.717) is 30.2 Å². The SMILES string of the molecule is C=CCOc1ccc(NC(=O)CC)cc1OC. The minimum atomic E-state index is -0.0354. The van der Waals surface area contributed by atoms with Gasteiger partial charge in [-0.15, -0.1) is 0 Å². The first-order valence-electron chi connectivity index (χ1n) is 5.42. The van der Waals surface area contributed by atoms with Crippen LogP contribution in [0, 0.1) is 0 Å². The van der Waals surface area contributed by atoms with Gasteiger partial charge in [0.15, 0.2) is 11.5 Å². The molecule has 0 aliphatic heterocycles. The Hall–Kier alpha value is -1.97. The first-order valence-corrected chi connectivity index (χ1v) is 5.42. The van der Waals surface area contributed by atoms with Crippen LogP contribution in [0.5, 0.6) is 11.5 Å². The van der Waals surface area contributed by atoms with Gasteiger partial charge < -0.3 is 14.8 Å². The van der Waals surface area contributed by atoms with Gasteiger partial charge in [-0.05, 0) is 12.1 Å². The highest BCUT2D eigenvalue weighted by Gasteiger charge is 2.06. The van der Waals surface area contributed by atoms with Crippen LogP contribution in [0.1, 0.15) is 13.3 Å². The molecule has 0 radical (unpaired) electrons. The van der Waals surface area contributed by atoms with Crippen molar-refractivity contribution in [2.75, 3.05) is 19.0 Å². The van der Waals surface area contributed by atoms with Crippen LogP contribution < -0.4 is 14.8 Å². The zero-order valence-electron chi connectivity index (χ0n) is 10.2. The molecule has 1 amide bonds. The van der Waals surface area contributed by atoms with Crippen molar-refractivity contribution in [1.29, 1.82) is 0 Å². The molecule has 1 aromatic rings. The Bertz CT molecular complexity index is 402. The van der Waals surface area contributed by atoms with E-state index >= 15 is 0 Å². The molecule has 0 heterocycles. The van der Waals surface area contributed by atoms with E-state index in [0.717, 1.165) is 0 Å². The predicted molar refractivity (Wildman–Crippen MR) is 67.6 cm³/mol. The number of carbonyl (C=O) groups excluding carboxylic acids is 1. The molecule has 1 aromatic carbocycles. The van der Waals surface area contributed by atoms with Crippen molar-refractivity contribution in [1.82, 2.24) is 0 Å². The van der Waals surface area contributed by atoms with Gasteiger partial charge in [0.05, 0.1) is 7.11 Å². The Morgan fingerprint density at radius 3 is 2.82 bits per heavy atom. The van der Waals surface area contributed by atoms with E-state index in [-0.39, 0.29) is 5.91 Å². The number of anilines is 1. The second kappa shape index (κ2) is 6.58. The first kappa shape index (κ1) is 13.1. The van der Waals surface area contributed by atoms with Gasteiger partial charge in [0.25, 0.3) is 0 Å². The average molecular weight is 235 g/mol. The largest absolute Gasteiger partial charge is 0.493 e. The number of hydrogen-bond donors (Lipinski definition) is 1. The second-order valence-corrected chi connectivity index (χ2v) is 3.37. The predicted octanol–water partition coefficient (Wildman–Crippen LogP) is 2.61. The lowest BCUT2D eigenvalue weighted by molar-refractivity contribution is -0.115. The Balaban J connectivity index is 2.83. The van der Waals surface area contributed by atoms with E-state index in [9.17, 15) is 4.79 Å². The van der Waals surface area contributed by atoms with Gasteiger partial charge in [0.1, 0.15) is 6.61 Å². The summed E-state index contributed by atoms with van der Waals surface area (Å²) in [4.78, 5) is 11.2. The smallest absolute Gasteiger partial charge is 0.224 e. The molecule has 4 nitrogen and oxygen atoms in total. The fourth-order valence-corrected chi connectivity index (χ4v) is 1.26. The van der Waals surface area contributed by atoms with Crippen LogP contribution in [0.15, 0.2) is 30.9 Å². The van der Waals surface area contributed by atoms with Crippen molar-refractivity contribution in [3.8, 4) is 11.5 Å². The lowest BCUT2D eigenvalue weighted by Gasteiger charge is -2.11. The molecule has 17 heavy (non-hydrogen) atoms. The topological polar surface area (TPSA) is 47.6 Å². The van der Waals surface area contributed by atoms with Crippen molar-refractivity contribution in [2.45, 2.75) is 13.3 Å². The molecular weight excluding hydrogens is 218 g/mol. The zero-order valence-corrected chi connectivity index (χ0v) is 10.2. The van der Waals surface area contributed by atoms with E-state index in [4.69, 9.17) is 9.47 Å². The third kappa shape index (κ3) is 3.83. The number of nitrogens with one attached hydrogen (secondary N) is 1. The van der Waals surface area contributed by atoms with Gasteiger partial charge in [-0.2, -0.15) is 0 Å². The molecule has 0 fully saturated rings. The summed E-state index contributed by atoms with van der Waals surface area (Å²) < 4.78 is 10.6. The number of ether oxygens (including phenoxy) is 2. The maximum atomic E-state index is 11.2. The van der Waals surface area contributed by atoms with Gasteiger partial charge in [0.2, 0.25) is 5.91 Å². The monoisotopic (exact) mass is 235 g/mol. The van der Waals surface area contributed by atoms with Crippen LogP contribution in [0.25, 0.3) is 0 Å². The highest BCUT2D eigenvalue weighted by molar-refractivity contribution is 5.90. The molecule has 0 spiro atoms. The quantitative estimate of drug-likeness (QED) is 0.771. The van der Waals surface area contributed by atoms with Gasteiger partial charge >= 0.3 is 0 Å². The fourth-order valence-electron chi connectivity index (χ4n) is 1.26. The van der Waals surface area contributed by atoms with Crippen molar-refractivity contribution in [2.24, 2.45) is 0 Å². The summed E-state index contributed by atoms with van der Waals surface area (Å²) in [6.07, 6.45) is 2.10. The molecule has 0 atom stereocenters. The third-order valence-electron chi connectivity index (χ3n) is 2.13. The highest BCUT2D eigenvalue weighted by Crippen LogP contribution is 2.30. The molecule has 0 saturated heterocycles. The van der Waals surface area contributed by atoms with E-state index < -0.39 is 0 Å². The molecule has 0 unspecified atom stereocenters. The van der Waals surface area contributed by atoms with Gasteiger partial charge in [-0.1, -0.05) is 19.6 Å². The number of methoxy groups -OCH3 is 1.